The average Bonchev–Trinajstić information content (AvgIpc) is 2.58. The first-order valence-electron chi connectivity index (χ1n) is 3.00. The Morgan fingerprint density at radius 3 is 2.75 bits per heavy atom. The molecule has 0 unspecified atom stereocenters. The lowest BCUT2D eigenvalue weighted by Crippen LogP contribution is -1.72. The van der Waals surface area contributed by atoms with E-state index in [4.69, 9.17) is 0 Å². The highest BCUT2D eigenvalue weighted by Gasteiger charge is 2.08. The van der Waals surface area contributed by atoms with Crippen molar-refractivity contribution in [2.45, 2.75) is 0 Å². The minimum absolute atomic E-state index is 0.973. The first-order valence-corrected chi connectivity index (χ1v) is 6.56. The summed E-state index contributed by atoms with van der Waals surface area (Å²) in [5.74, 6) is 0. The van der Waals surface area contributed by atoms with Crippen LogP contribution in [0.4, 0.5) is 0 Å². The fraction of sp³-hybridized carbons (Fsp3) is 0. The van der Waals surface area contributed by atoms with Gasteiger partial charge in [-0.15, -0.1) is 21.5 Å². The Hall–Kier alpha value is 0.470. The maximum Gasteiger partial charge on any atom is 0.178 e. The van der Waals surface area contributed by atoms with E-state index in [1.54, 1.807) is 22.7 Å². The Bertz CT molecular complexity index is 398. The second-order valence-electron chi connectivity index (χ2n) is 1.97. The molecule has 0 fully saturated rings. The van der Waals surface area contributed by atoms with E-state index >= 15 is 0 Å². The van der Waals surface area contributed by atoms with Crippen LogP contribution in [0.5, 0.6) is 0 Å². The van der Waals surface area contributed by atoms with Crippen molar-refractivity contribution < 1.29 is 0 Å². The van der Waals surface area contributed by atoms with Crippen molar-refractivity contribution in [2.75, 3.05) is 0 Å². The minimum atomic E-state index is 0.973. The van der Waals surface area contributed by atoms with Crippen LogP contribution in [0, 0.1) is 3.01 Å². The summed E-state index contributed by atoms with van der Waals surface area (Å²) in [6.45, 7) is 0. The molecule has 12 heavy (non-hydrogen) atoms. The van der Waals surface area contributed by atoms with Crippen LogP contribution in [0.25, 0.3) is 10.6 Å². The number of halogens is 2. The summed E-state index contributed by atoms with van der Waals surface area (Å²) < 4.78 is 2.09. The number of thiophene rings is 1. The van der Waals surface area contributed by atoms with Crippen molar-refractivity contribution in [1.82, 2.24) is 10.2 Å². The maximum atomic E-state index is 4.06. The largest absolute Gasteiger partial charge is 0.178 e. The Labute approximate surface area is 99.3 Å². The molecule has 0 aliphatic carbocycles. The molecule has 0 saturated heterocycles. The number of hydrogen-bond donors (Lipinski definition) is 0. The van der Waals surface area contributed by atoms with Gasteiger partial charge in [0.25, 0.3) is 0 Å². The maximum absolute atomic E-state index is 4.06. The molecule has 2 aromatic heterocycles. The van der Waals surface area contributed by atoms with Gasteiger partial charge in [0, 0.05) is 5.56 Å². The van der Waals surface area contributed by atoms with Crippen LogP contribution in [-0.4, -0.2) is 10.2 Å². The molecule has 0 radical (unpaired) electrons. The van der Waals surface area contributed by atoms with Gasteiger partial charge < -0.3 is 0 Å². The molecule has 0 aliphatic heterocycles. The molecule has 2 nitrogen and oxygen atoms in total. The molecule has 62 valence electrons. The third-order valence-corrected chi connectivity index (χ3v) is 4.56. The van der Waals surface area contributed by atoms with E-state index in [9.17, 15) is 0 Å². The van der Waals surface area contributed by atoms with E-state index in [1.165, 1.54) is 0 Å². The van der Waals surface area contributed by atoms with E-state index in [0.29, 0.717) is 0 Å². The van der Waals surface area contributed by atoms with E-state index in [2.05, 4.69) is 48.7 Å². The van der Waals surface area contributed by atoms with Gasteiger partial charge in [-0.2, -0.15) is 0 Å². The highest BCUT2D eigenvalue weighted by Crippen LogP contribution is 2.34. The Balaban J connectivity index is 2.50. The van der Waals surface area contributed by atoms with Crippen molar-refractivity contribution in [3.05, 3.63) is 18.2 Å². The number of hydrogen-bond acceptors (Lipinski definition) is 4. The van der Waals surface area contributed by atoms with Gasteiger partial charge in [0.2, 0.25) is 0 Å². The average molecular weight is 373 g/mol. The fourth-order valence-corrected chi connectivity index (χ4v) is 3.55. The number of nitrogens with zero attached hydrogens (tertiary/aromatic N) is 2. The highest BCUT2D eigenvalue weighted by molar-refractivity contribution is 14.1. The lowest BCUT2D eigenvalue weighted by atomic mass is 10.4. The standard InChI is InChI=1S/C6H2BrIN2S2/c7-4-3(1-2-11-4)5-9-10-6(8)12-5/h1-2H. The molecular formula is C6H2BrIN2S2. The second kappa shape index (κ2) is 3.69. The Kier molecular flexibility index (Phi) is 2.78. The molecule has 0 spiro atoms. The summed E-state index contributed by atoms with van der Waals surface area (Å²) in [5, 5.41) is 11.0. The molecule has 0 aliphatic rings. The molecule has 0 bridgehead atoms. The fourth-order valence-electron chi connectivity index (χ4n) is 0.760. The quantitative estimate of drug-likeness (QED) is 0.714. The summed E-state index contributed by atoms with van der Waals surface area (Å²) in [6.07, 6.45) is 0. The zero-order valence-electron chi connectivity index (χ0n) is 5.62. The van der Waals surface area contributed by atoms with Gasteiger partial charge in [-0.25, -0.2) is 0 Å². The summed E-state index contributed by atoms with van der Waals surface area (Å²) >= 11 is 8.90. The summed E-state index contributed by atoms with van der Waals surface area (Å²) in [4.78, 5) is 0. The van der Waals surface area contributed by atoms with Gasteiger partial charge in [0.1, 0.15) is 0 Å². The SMILES string of the molecule is Brc1sccc1-c1nnc(I)s1. The summed E-state index contributed by atoms with van der Waals surface area (Å²) in [6, 6.07) is 2.05. The van der Waals surface area contributed by atoms with Gasteiger partial charge in [0.15, 0.2) is 8.02 Å². The smallest absolute Gasteiger partial charge is 0.137 e. The van der Waals surface area contributed by atoms with Gasteiger partial charge in [-0.3, -0.25) is 0 Å². The van der Waals surface area contributed by atoms with Crippen LogP contribution in [0.15, 0.2) is 15.2 Å². The molecule has 6 heteroatoms. The van der Waals surface area contributed by atoms with Crippen LogP contribution in [-0.2, 0) is 0 Å². The lowest BCUT2D eigenvalue weighted by molar-refractivity contribution is 1.07. The molecule has 2 heterocycles. The topological polar surface area (TPSA) is 25.8 Å². The zero-order chi connectivity index (χ0) is 8.55. The van der Waals surface area contributed by atoms with Crippen molar-refractivity contribution in [3.63, 3.8) is 0 Å². The first kappa shape index (κ1) is 9.04. The molecule has 0 saturated carbocycles. The van der Waals surface area contributed by atoms with Crippen LogP contribution in [0.3, 0.4) is 0 Å². The first-order chi connectivity index (χ1) is 5.77. The number of rotatable bonds is 1. The van der Waals surface area contributed by atoms with Crippen molar-refractivity contribution in [2.24, 2.45) is 0 Å². The Morgan fingerprint density at radius 1 is 1.42 bits per heavy atom. The lowest BCUT2D eigenvalue weighted by Gasteiger charge is -1.87. The molecule has 0 aromatic carbocycles. The molecule has 2 aromatic rings. The molecule has 0 atom stereocenters. The Morgan fingerprint density at radius 2 is 2.25 bits per heavy atom. The van der Waals surface area contributed by atoms with Gasteiger partial charge in [-0.05, 0) is 50.0 Å². The predicted octanol–water partition coefficient (Wildman–Crippen LogP) is 3.63. The van der Waals surface area contributed by atoms with E-state index in [-0.39, 0.29) is 0 Å². The molecule has 0 amide bonds. The highest BCUT2D eigenvalue weighted by atomic mass is 127. The second-order valence-corrected chi connectivity index (χ2v) is 6.93. The number of aromatic nitrogens is 2. The van der Waals surface area contributed by atoms with Crippen LogP contribution in [0.2, 0.25) is 0 Å². The zero-order valence-corrected chi connectivity index (χ0v) is 11.0. The third kappa shape index (κ3) is 1.70. The van der Waals surface area contributed by atoms with Crippen LogP contribution < -0.4 is 0 Å². The van der Waals surface area contributed by atoms with E-state index in [0.717, 1.165) is 17.4 Å². The van der Waals surface area contributed by atoms with Crippen molar-refractivity contribution in [3.8, 4) is 10.6 Å². The van der Waals surface area contributed by atoms with Crippen molar-refractivity contribution >= 4 is 61.2 Å². The summed E-state index contributed by atoms with van der Waals surface area (Å²) in [5.41, 5.74) is 1.14. The molecular weight excluding hydrogens is 371 g/mol. The monoisotopic (exact) mass is 372 g/mol. The van der Waals surface area contributed by atoms with Crippen LogP contribution >= 0.6 is 61.2 Å². The predicted molar refractivity (Wildman–Crippen MR) is 63.6 cm³/mol. The normalized spacial score (nSPS) is 10.5. The van der Waals surface area contributed by atoms with E-state index in [1.807, 2.05) is 11.4 Å². The minimum Gasteiger partial charge on any atom is -0.137 e. The molecule has 0 N–H and O–H groups in total. The summed E-state index contributed by atoms with van der Waals surface area (Å²) in [7, 11) is 0. The van der Waals surface area contributed by atoms with E-state index < -0.39 is 0 Å². The van der Waals surface area contributed by atoms with Gasteiger partial charge in [0.05, 0.1) is 3.79 Å². The van der Waals surface area contributed by atoms with Crippen LogP contribution in [0.1, 0.15) is 0 Å². The molecule has 2 rings (SSSR count). The van der Waals surface area contributed by atoms with Gasteiger partial charge >= 0.3 is 0 Å². The third-order valence-electron chi connectivity index (χ3n) is 1.25. The van der Waals surface area contributed by atoms with Gasteiger partial charge in [-0.1, -0.05) is 11.3 Å². The van der Waals surface area contributed by atoms with Crippen molar-refractivity contribution in [1.29, 1.82) is 0 Å².